The van der Waals surface area contributed by atoms with Gasteiger partial charge in [-0.2, -0.15) is 5.26 Å². The van der Waals surface area contributed by atoms with Gasteiger partial charge in [-0.3, -0.25) is 4.79 Å². The van der Waals surface area contributed by atoms with Crippen molar-refractivity contribution in [3.63, 3.8) is 0 Å². The highest BCUT2D eigenvalue weighted by Gasteiger charge is 2.31. The van der Waals surface area contributed by atoms with Gasteiger partial charge in [0.15, 0.2) is 0 Å². The lowest BCUT2D eigenvalue weighted by Gasteiger charge is -2.11. The van der Waals surface area contributed by atoms with Crippen LogP contribution < -0.4 is 10.6 Å². The Balaban J connectivity index is 2.05. The second-order valence-corrected chi connectivity index (χ2v) is 5.35. The van der Waals surface area contributed by atoms with E-state index in [2.05, 4.69) is 36.6 Å². The zero-order valence-corrected chi connectivity index (χ0v) is 12.7. The number of hydrogen-bond donors (Lipinski definition) is 2. The van der Waals surface area contributed by atoms with Crippen molar-refractivity contribution in [2.75, 3.05) is 11.9 Å². The second kappa shape index (κ2) is 5.27. The Morgan fingerprint density at radius 2 is 2.38 bits per heavy atom. The van der Waals surface area contributed by atoms with Crippen molar-refractivity contribution in [2.24, 2.45) is 0 Å². The zero-order chi connectivity index (χ0) is 15.0. The topological polar surface area (TPSA) is 95.6 Å². The number of likely N-dealkylation sites (N-methyl/N-ethyl adjacent to an activating group) is 1. The Labute approximate surface area is 129 Å². The number of nitrogens with one attached hydrogen (secondary N) is 2. The maximum atomic E-state index is 12.0. The highest BCUT2D eigenvalue weighted by molar-refractivity contribution is 9.10. The molecule has 0 spiro atoms. The average Bonchev–Trinajstić information content (AvgIpc) is 3.05. The van der Waals surface area contributed by atoms with Gasteiger partial charge in [-0.05, 0) is 34.6 Å². The summed E-state index contributed by atoms with van der Waals surface area (Å²) in [5.74, 6) is 0.0177. The van der Waals surface area contributed by atoms with Gasteiger partial charge in [0.1, 0.15) is 18.4 Å². The van der Waals surface area contributed by atoms with Crippen molar-refractivity contribution in [2.45, 2.75) is 13.0 Å². The first kappa shape index (κ1) is 13.7. The highest BCUT2D eigenvalue weighted by Crippen LogP contribution is 2.36. The van der Waals surface area contributed by atoms with E-state index in [1.807, 2.05) is 25.1 Å². The first-order valence-corrected chi connectivity index (χ1v) is 7.13. The molecule has 7 nitrogen and oxygen atoms in total. The number of fused-ring (bicyclic) bond motifs is 1. The Morgan fingerprint density at radius 3 is 3.05 bits per heavy atom. The third-order valence-electron chi connectivity index (χ3n) is 3.20. The molecule has 2 heterocycles. The Hall–Kier alpha value is -2.24. The molecule has 0 aliphatic carbocycles. The summed E-state index contributed by atoms with van der Waals surface area (Å²) < 4.78 is 2.27. The summed E-state index contributed by atoms with van der Waals surface area (Å²) in [5, 5.41) is 18.8. The molecule has 1 aromatic heterocycles. The SMILES string of the molecule is CCNC1C(=O)Nc2cc(-n3cnc(C#N)n3)c(Br)cc21. The number of aromatic nitrogens is 3. The number of carbonyl (C=O) groups excluding carboxylic acids is 1. The zero-order valence-electron chi connectivity index (χ0n) is 11.1. The smallest absolute Gasteiger partial charge is 0.252 e. The molecule has 0 bridgehead atoms. The minimum absolute atomic E-state index is 0.0767. The number of hydrogen-bond acceptors (Lipinski definition) is 5. The van der Waals surface area contributed by atoms with Crippen LogP contribution in [0.5, 0.6) is 0 Å². The van der Waals surface area contributed by atoms with Crippen LogP contribution in [0.1, 0.15) is 24.4 Å². The maximum absolute atomic E-state index is 12.0. The third kappa shape index (κ3) is 2.30. The van der Waals surface area contributed by atoms with Crippen molar-refractivity contribution in [1.29, 1.82) is 5.26 Å². The first-order chi connectivity index (χ1) is 10.1. The average molecular weight is 347 g/mol. The van der Waals surface area contributed by atoms with Gasteiger partial charge in [-0.15, -0.1) is 5.10 Å². The molecular weight excluding hydrogens is 336 g/mol. The Morgan fingerprint density at radius 1 is 1.57 bits per heavy atom. The number of amides is 1. The largest absolute Gasteiger partial charge is 0.324 e. The number of nitriles is 1. The van der Waals surface area contributed by atoms with E-state index in [1.54, 1.807) is 0 Å². The van der Waals surface area contributed by atoms with Crippen molar-refractivity contribution >= 4 is 27.5 Å². The fourth-order valence-corrected chi connectivity index (χ4v) is 2.83. The van der Waals surface area contributed by atoms with Crippen molar-refractivity contribution < 1.29 is 4.79 Å². The minimum Gasteiger partial charge on any atom is -0.324 e. The van der Waals surface area contributed by atoms with Gasteiger partial charge in [0.2, 0.25) is 5.91 Å². The highest BCUT2D eigenvalue weighted by atomic mass is 79.9. The molecule has 21 heavy (non-hydrogen) atoms. The van der Waals surface area contributed by atoms with Crippen LogP contribution in [0.4, 0.5) is 5.69 Å². The molecule has 1 aromatic carbocycles. The minimum atomic E-state index is -0.347. The van der Waals surface area contributed by atoms with Gasteiger partial charge in [0.25, 0.3) is 5.82 Å². The summed E-state index contributed by atoms with van der Waals surface area (Å²) in [5.41, 5.74) is 2.33. The van der Waals surface area contributed by atoms with E-state index < -0.39 is 0 Å². The van der Waals surface area contributed by atoms with E-state index in [9.17, 15) is 4.79 Å². The number of anilines is 1. The van der Waals surface area contributed by atoms with Crippen LogP contribution in [0.15, 0.2) is 22.9 Å². The van der Waals surface area contributed by atoms with Gasteiger partial charge >= 0.3 is 0 Å². The summed E-state index contributed by atoms with van der Waals surface area (Å²) in [6, 6.07) is 5.22. The normalized spacial score (nSPS) is 16.4. The van der Waals surface area contributed by atoms with Crippen LogP contribution >= 0.6 is 15.9 Å². The van der Waals surface area contributed by atoms with Gasteiger partial charge in [0, 0.05) is 15.7 Å². The Kier molecular flexibility index (Phi) is 3.45. The van der Waals surface area contributed by atoms with Crippen molar-refractivity contribution in [3.05, 3.63) is 34.3 Å². The van der Waals surface area contributed by atoms with Crippen LogP contribution in [0.25, 0.3) is 5.69 Å². The summed E-state index contributed by atoms with van der Waals surface area (Å²) in [6.07, 6.45) is 1.46. The van der Waals surface area contributed by atoms with Crippen molar-refractivity contribution in [3.8, 4) is 11.8 Å². The predicted octanol–water partition coefficient (Wildman–Crippen LogP) is 1.50. The standard InChI is InChI=1S/C13H11BrN6O/c1-2-16-12-7-3-8(14)10(4-9(7)18-13(12)21)20-6-17-11(5-15)19-20/h3-4,6,12,16H,2H2,1H3,(H,18,21). The molecule has 3 rings (SSSR count). The lowest BCUT2D eigenvalue weighted by atomic mass is 10.1. The molecule has 8 heteroatoms. The molecule has 106 valence electrons. The number of halogens is 1. The summed E-state index contributed by atoms with van der Waals surface area (Å²) in [4.78, 5) is 15.8. The summed E-state index contributed by atoms with van der Waals surface area (Å²) in [6.45, 7) is 2.65. The molecule has 1 aliphatic rings. The van der Waals surface area contributed by atoms with E-state index in [-0.39, 0.29) is 17.8 Å². The van der Waals surface area contributed by atoms with Gasteiger partial charge in [-0.1, -0.05) is 6.92 Å². The van der Waals surface area contributed by atoms with Gasteiger partial charge in [-0.25, -0.2) is 9.67 Å². The molecule has 1 amide bonds. The van der Waals surface area contributed by atoms with E-state index >= 15 is 0 Å². The fraction of sp³-hybridized carbons (Fsp3) is 0.231. The lowest BCUT2D eigenvalue weighted by Crippen LogP contribution is -2.27. The number of rotatable bonds is 3. The molecule has 0 fully saturated rings. The molecule has 2 N–H and O–H groups in total. The molecule has 0 saturated heterocycles. The number of nitrogens with zero attached hydrogens (tertiary/aromatic N) is 4. The number of benzene rings is 1. The van der Waals surface area contributed by atoms with Crippen molar-refractivity contribution in [1.82, 2.24) is 20.1 Å². The molecule has 0 saturated carbocycles. The molecule has 1 unspecified atom stereocenters. The van der Waals surface area contributed by atoms with E-state index in [0.29, 0.717) is 12.2 Å². The molecule has 1 aliphatic heterocycles. The number of carbonyl (C=O) groups is 1. The monoisotopic (exact) mass is 346 g/mol. The van der Waals surface area contributed by atoms with Gasteiger partial charge < -0.3 is 10.6 Å². The van der Waals surface area contributed by atoms with Crippen LogP contribution in [0, 0.1) is 11.3 Å². The molecular formula is C13H11BrN6O. The molecule has 2 aromatic rings. The summed E-state index contributed by atoms with van der Waals surface area (Å²) in [7, 11) is 0. The maximum Gasteiger partial charge on any atom is 0.252 e. The second-order valence-electron chi connectivity index (χ2n) is 4.50. The fourth-order valence-electron chi connectivity index (χ4n) is 2.28. The van der Waals surface area contributed by atoms with E-state index in [4.69, 9.17) is 5.26 Å². The summed E-state index contributed by atoms with van der Waals surface area (Å²) >= 11 is 3.48. The van der Waals surface area contributed by atoms with Crippen LogP contribution in [-0.2, 0) is 4.79 Å². The predicted molar refractivity (Wildman–Crippen MR) is 78.8 cm³/mol. The van der Waals surface area contributed by atoms with Crippen LogP contribution in [0.2, 0.25) is 0 Å². The molecule has 1 atom stereocenters. The first-order valence-electron chi connectivity index (χ1n) is 6.34. The quantitative estimate of drug-likeness (QED) is 0.877. The lowest BCUT2D eigenvalue weighted by molar-refractivity contribution is -0.117. The molecule has 0 radical (unpaired) electrons. The van der Waals surface area contributed by atoms with E-state index in [1.165, 1.54) is 11.0 Å². The van der Waals surface area contributed by atoms with E-state index in [0.717, 1.165) is 15.7 Å². The van der Waals surface area contributed by atoms with Gasteiger partial charge in [0.05, 0.1) is 5.69 Å². The van der Waals surface area contributed by atoms with Crippen LogP contribution in [-0.4, -0.2) is 27.2 Å². The van der Waals surface area contributed by atoms with Crippen LogP contribution in [0.3, 0.4) is 0 Å². The third-order valence-corrected chi connectivity index (χ3v) is 3.83. The Bertz CT molecular complexity index is 763.